The molecule has 12 saturated carbocycles. The molecule has 0 aromatic heterocycles. The third-order valence-electron chi connectivity index (χ3n) is 34.3. The smallest absolute Gasteiger partial charge is 0.190 e. The molecule has 107 heavy (non-hydrogen) atoms. The number of hydrogen-bond acceptors (Lipinski definition) is 20. The molecule has 0 aromatic rings. The molecule has 16 rings (SSSR count). The maximum Gasteiger partial charge on any atom is 0.190 e. The summed E-state index contributed by atoms with van der Waals surface area (Å²) in [5.74, 6) is -2.28. The first-order valence-electron chi connectivity index (χ1n) is 39.8. The van der Waals surface area contributed by atoms with Gasteiger partial charge in [-0.2, -0.15) is 0 Å². The summed E-state index contributed by atoms with van der Waals surface area (Å²) in [6.07, 6.45) is 24.7. The van der Waals surface area contributed by atoms with Crippen LogP contribution in [-0.4, -0.2) is 186 Å². The molecule has 0 aliphatic heterocycles. The molecule has 12 N–H and O–H groups in total. The van der Waals surface area contributed by atoms with E-state index in [9.17, 15) is 99.6 Å². The molecule has 588 valence electrons. The molecular formula is C86H117FO20. The normalized spacial score (nSPS) is 51.1. The van der Waals surface area contributed by atoms with Crippen LogP contribution < -0.4 is 0 Å². The molecule has 0 amide bonds. The number of hydrogen-bond donors (Lipinski definition) is 12. The van der Waals surface area contributed by atoms with Crippen molar-refractivity contribution in [2.75, 3.05) is 26.4 Å². The third kappa shape index (κ3) is 10.9. The summed E-state index contributed by atoms with van der Waals surface area (Å²) in [6.45, 7) is 16.8. The van der Waals surface area contributed by atoms with E-state index in [0.29, 0.717) is 69.8 Å². The molecule has 20 nitrogen and oxygen atoms in total. The Labute approximate surface area is 627 Å². The fourth-order valence-electron chi connectivity index (χ4n) is 28.8. The maximum absolute atomic E-state index is 16.9. The van der Waals surface area contributed by atoms with E-state index in [4.69, 9.17) is 0 Å². The monoisotopic (exact) mass is 1490 g/mol. The zero-order valence-electron chi connectivity index (χ0n) is 64.1. The Balaban J connectivity index is 0.000000126. The molecule has 0 spiro atoms. The van der Waals surface area contributed by atoms with Gasteiger partial charge in [-0.05, 0) is 236 Å². The van der Waals surface area contributed by atoms with Crippen molar-refractivity contribution in [2.45, 2.75) is 250 Å². The van der Waals surface area contributed by atoms with Gasteiger partial charge in [0.1, 0.15) is 48.8 Å². The first kappa shape index (κ1) is 80.1. The van der Waals surface area contributed by atoms with Gasteiger partial charge < -0.3 is 61.3 Å². The second-order valence-electron chi connectivity index (χ2n) is 38.2. The van der Waals surface area contributed by atoms with Crippen LogP contribution in [0.25, 0.3) is 0 Å². The van der Waals surface area contributed by atoms with Gasteiger partial charge in [0.25, 0.3) is 0 Å². The molecule has 0 unspecified atom stereocenters. The highest BCUT2D eigenvalue weighted by Gasteiger charge is 2.77. The molecule has 16 aliphatic rings. The summed E-state index contributed by atoms with van der Waals surface area (Å²) in [4.78, 5) is 97.2. The minimum atomic E-state index is -1.98. The Bertz CT molecular complexity index is 3950. The van der Waals surface area contributed by atoms with E-state index in [-0.39, 0.29) is 111 Å². The van der Waals surface area contributed by atoms with Crippen molar-refractivity contribution in [1.29, 1.82) is 0 Å². The molecule has 0 bridgehead atoms. The number of alkyl halides is 1. The van der Waals surface area contributed by atoms with Crippen LogP contribution in [0.4, 0.5) is 4.39 Å². The van der Waals surface area contributed by atoms with Crippen molar-refractivity contribution >= 4 is 46.3 Å². The molecule has 21 heteroatoms. The Morgan fingerprint density at radius 1 is 0.439 bits per heavy atom. The minimum absolute atomic E-state index is 0.00620. The van der Waals surface area contributed by atoms with E-state index < -0.39 is 141 Å². The molecule has 0 aromatic carbocycles. The first-order valence-corrected chi connectivity index (χ1v) is 39.8. The summed E-state index contributed by atoms with van der Waals surface area (Å²) in [5.41, 5.74) is -9.53. The van der Waals surface area contributed by atoms with E-state index in [2.05, 4.69) is 27.7 Å². The number of carbonyl (C=O) groups excluding carboxylic acids is 8. The van der Waals surface area contributed by atoms with Gasteiger partial charge in [-0.15, -0.1) is 0 Å². The quantitative estimate of drug-likeness (QED) is 0.116. The average molecular weight is 1490 g/mol. The van der Waals surface area contributed by atoms with E-state index in [1.807, 2.05) is 32.9 Å². The van der Waals surface area contributed by atoms with E-state index >= 15 is 4.39 Å². The largest absolute Gasteiger partial charge is 0.393 e. The van der Waals surface area contributed by atoms with Gasteiger partial charge in [0, 0.05) is 62.1 Å². The standard InChI is InChI=1S/C22H29FO5.C22H30O5.C21H30O5.C21H28O5/c1-12-8-16-15-5-4-13-9-14(25)6-7-19(13,2)21(15,23)17(26)10-20(16,3)22(12,28)18(27)11-24;1-12-8-14-15-5-7-22(27,18(26)11-23)21(15,3)10-17(25)19(14)20(2)6-4-13(24)9-16(12)20;2*1-19-7-5-13(23)9-12(19)3-4-14-15-6-8-21(26,17(25)11-22)20(15,2)10-16(24)18(14)19/h6-7,9,12,15-17,24,26,28H,4-5,8,10-11H2,1-3H3;4,6,9,12,14-15,17,19,23,25,27H,5,7-8,10-11H2,1-3H3;9,14-16,18,22,24,26H,3-8,10-11H2,1-2H3;5,7,9,14-16,18,22,24,26H,3-4,6,8,10-11H2,1-2H3/t12-,15+,16+,17+,19+,20+,21+,22+;12-,14-,15-,17-,19+,20-,21-,22-;2*14-,15-,16-,18+,19-,20-,21-/m1000/s1. The SMILES string of the molecule is C[C@@H]1C[C@H]2[C@@H]3CCC4=CC(=O)C=C[C@]4(C)[C@@]3(F)[C@@H](O)C[C@]2(C)[C@@]1(O)C(=O)CO.C[C@H]1C[C@@H]2[C@H]([C@@H](O)C[C@@]3(C)[C@H]2CC[C@]3(O)C(=O)CO)[C@@]2(C)C=CC(=O)C=C12.C[C@]12C=CC(=O)C=C1CC[C@@H]1[C@@H]2[C@@H](O)C[C@@]2(C)[C@H]1CC[C@]2(O)C(=O)CO.C[C@]12CCC(=O)C=C1CC[C@@H]1[C@@H]2[C@@H](O)C[C@@]2(C)[C@H]1CC[C@]2(O)C(=O)CO. The van der Waals surface area contributed by atoms with Gasteiger partial charge in [-0.3, -0.25) is 38.4 Å². The molecule has 12 fully saturated rings. The number of halogens is 1. The van der Waals surface area contributed by atoms with E-state index in [1.165, 1.54) is 17.7 Å². The number of carbonyl (C=O) groups is 8. The van der Waals surface area contributed by atoms with Crippen molar-refractivity contribution in [3.63, 3.8) is 0 Å². The van der Waals surface area contributed by atoms with Crippen molar-refractivity contribution in [1.82, 2.24) is 0 Å². The molecule has 16 aliphatic carbocycles. The van der Waals surface area contributed by atoms with Crippen LogP contribution in [0.3, 0.4) is 0 Å². The van der Waals surface area contributed by atoms with Gasteiger partial charge in [0.2, 0.25) is 0 Å². The fraction of sp³-hybridized carbons (Fsp3) is 0.744. The number of fused-ring (bicyclic) bond motifs is 20. The topological polar surface area (TPSA) is 379 Å². The van der Waals surface area contributed by atoms with Gasteiger partial charge in [-0.1, -0.05) is 103 Å². The highest BCUT2D eigenvalue weighted by Crippen LogP contribution is 2.74. The predicted molar refractivity (Wildman–Crippen MR) is 390 cm³/mol. The molecule has 0 radical (unpaired) electrons. The lowest BCUT2D eigenvalue weighted by atomic mass is 9.44. The summed E-state index contributed by atoms with van der Waals surface area (Å²) in [5, 5.41) is 127. The fourth-order valence-corrected chi connectivity index (χ4v) is 28.8. The van der Waals surface area contributed by atoms with E-state index in [0.717, 1.165) is 68.9 Å². The van der Waals surface area contributed by atoms with E-state index in [1.54, 1.807) is 57.2 Å². The van der Waals surface area contributed by atoms with Crippen LogP contribution >= 0.6 is 0 Å². The summed E-state index contributed by atoms with van der Waals surface area (Å²) >= 11 is 0. The van der Waals surface area contributed by atoms with Gasteiger partial charge in [-0.25, -0.2) is 4.39 Å². The summed E-state index contributed by atoms with van der Waals surface area (Å²) in [6, 6.07) is 0. The van der Waals surface area contributed by atoms with Gasteiger partial charge in [0.15, 0.2) is 51.9 Å². The van der Waals surface area contributed by atoms with Crippen molar-refractivity contribution in [2.24, 2.45) is 120 Å². The molecule has 30 atom stereocenters. The molecule has 0 saturated heterocycles. The Kier molecular flexibility index (Phi) is 20.1. The number of Topliss-reactive ketones (excluding diaryl/α,β-unsaturated/α-hetero) is 4. The highest BCUT2D eigenvalue weighted by molar-refractivity contribution is 6.02. The lowest BCUT2D eigenvalue weighted by molar-refractivity contribution is -0.219. The Morgan fingerprint density at radius 3 is 1.38 bits per heavy atom. The minimum Gasteiger partial charge on any atom is -0.393 e. The maximum atomic E-state index is 16.9. The number of rotatable bonds is 8. The van der Waals surface area contributed by atoms with Crippen molar-refractivity contribution in [3.05, 3.63) is 83.1 Å². The van der Waals surface area contributed by atoms with Crippen LogP contribution in [-0.2, 0) is 38.4 Å². The molecule has 0 heterocycles. The lowest BCUT2D eigenvalue weighted by Crippen LogP contribution is -2.69. The van der Waals surface area contributed by atoms with Gasteiger partial charge >= 0.3 is 0 Å². The predicted octanol–water partition coefficient (Wildman–Crippen LogP) is 7.04. The van der Waals surface area contributed by atoms with Crippen molar-refractivity contribution < 1.29 is 104 Å². The Hall–Kier alpha value is -5.01. The van der Waals surface area contributed by atoms with Crippen molar-refractivity contribution in [3.8, 4) is 0 Å². The second-order valence-corrected chi connectivity index (χ2v) is 38.2. The zero-order valence-corrected chi connectivity index (χ0v) is 64.1. The Morgan fingerprint density at radius 2 is 0.869 bits per heavy atom. The third-order valence-corrected chi connectivity index (χ3v) is 34.3. The summed E-state index contributed by atoms with van der Waals surface area (Å²) in [7, 11) is 0. The number of aliphatic hydroxyl groups excluding tert-OH is 8. The van der Waals surface area contributed by atoms with Crippen LogP contribution in [0.15, 0.2) is 83.1 Å². The number of ketones is 8. The molecular weight excluding hydrogens is 1370 g/mol. The van der Waals surface area contributed by atoms with Crippen LogP contribution in [0.5, 0.6) is 0 Å². The van der Waals surface area contributed by atoms with Crippen LogP contribution in [0.2, 0.25) is 0 Å². The number of allylic oxidation sites excluding steroid dienone is 13. The average Bonchev–Trinajstić information content (AvgIpc) is 1.62. The second kappa shape index (κ2) is 26.8. The summed E-state index contributed by atoms with van der Waals surface area (Å²) < 4.78 is 16.9. The highest BCUT2D eigenvalue weighted by atomic mass is 19.1. The first-order chi connectivity index (χ1) is 49.9. The lowest BCUT2D eigenvalue weighted by Gasteiger charge is -2.62. The van der Waals surface area contributed by atoms with Crippen LogP contribution in [0.1, 0.15) is 198 Å². The van der Waals surface area contributed by atoms with Gasteiger partial charge in [0.05, 0.1) is 24.4 Å². The number of aliphatic hydroxyl groups is 12. The zero-order chi connectivity index (χ0) is 78.3. The van der Waals surface area contributed by atoms with Crippen LogP contribution in [0, 0.1) is 120 Å².